The molecule has 4 nitrogen and oxygen atoms in total. The lowest BCUT2D eigenvalue weighted by molar-refractivity contribution is -0.145. The first-order valence-corrected chi connectivity index (χ1v) is 3.97. The summed E-state index contributed by atoms with van der Waals surface area (Å²) < 4.78 is 21.3. The minimum atomic E-state index is -0.162. The molecular formula is C7H10O4. The predicted molar refractivity (Wildman–Crippen MR) is 33.8 cm³/mol. The lowest BCUT2D eigenvalue weighted by Gasteiger charge is -2.06. The maximum Gasteiger partial charge on any atom is 0.189 e. The van der Waals surface area contributed by atoms with E-state index in [2.05, 4.69) is 0 Å². The van der Waals surface area contributed by atoms with Gasteiger partial charge in [-0.15, -0.1) is 0 Å². The van der Waals surface area contributed by atoms with Crippen molar-refractivity contribution in [1.82, 2.24) is 0 Å². The summed E-state index contributed by atoms with van der Waals surface area (Å²) in [5.74, 6) is 0. The van der Waals surface area contributed by atoms with E-state index in [-0.39, 0.29) is 24.8 Å². The monoisotopic (exact) mass is 158 g/mol. The quantitative estimate of drug-likeness (QED) is 0.498. The van der Waals surface area contributed by atoms with Gasteiger partial charge in [-0.2, -0.15) is 0 Å². The summed E-state index contributed by atoms with van der Waals surface area (Å²) >= 11 is 0. The SMILES string of the molecule is C1CC2OC(C3CO3)OC2O1. The Kier molecular flexibility index (Phi) is 1.25. The van der Waals surface area contributed by atoms with E-state index in [1.54, 1.807) is 0 Å². The summed E-state index contributed by atoms with van der Waals surface area (Å²) in [7, 11) is 0. The molecule has 3 aliphatic heterocycles. The van der Waals surface area contributed by atoms with E-state index >= 15 is 0 Å². The zero-order valence-corrected chi connectivity index (χ0v) is 6.06. The number of fused-ring (bicyclic) bond motifs is 1. The average Bonchev–Trinajstić information content (AvgIpc) is 2.60. The number of ether oxygens (including phenoxy) is 4. The van der Waals surface area contributed by atoms with Gasteiger partial charge in [0.1, 0.15) is 12.2 Å². The Hall–Kier alpha value is -0.160. The van der Waals surface area contributed by atoms with Gasteiger partial charge in [-0.1, -0.05) is 0 Å². The Balaban J connectivity index is 1.67. The van der Waals surface area contributed by atoms with Gasteiger partial charge in [0, 0.05) is 6.42 Å². The summed E-state index contributed by atoms with van der Waals surface area (Å²) in [6.07, 6.45) is 0.997. The van der Waals surface area contributed by atoms with Gasteiger partial charge in [0.05, 0.1) is 13.2 Å². The Morgan fingerprint density at radius 2 is 1.82 bits per heavy atom. The zero-order valence-electron chi connectivity index (χ0n) is 6.06. The van der Waals surface area contributed by atoms with Crippen molar-refractivity contribution in [3.63, 3.8) is 0 Å². The molecule has 0 aliphatic carbocycles. The summed E-state index contributed by atoms with van der Waals surface area (Å²) in [5, 5.41) is 0. The van der Waals surface area contributed by atoms with Crippen LogP contribution in [0.3, 0.4) is 0 Å². The van der Waals surface area contributed by atoms with Crippen molar-refractivity contribution >= 4 is 0 Å². The molecule has 0 saturated carbocycles. The van der Waals surface area contributed by atoms with Crippen molar-refractivity contribution in [1.29, 1.82) is 0 Å². The minimum Gasteiger partial charge on any atom is -0.368 e. The molecule has 11 heavy (non-hydrogen) atoms. The van der Waals surface area contributed by atoms with E-state index < -0.39 is 0 Å². The highest BCUT2D eigenvalue weighted by molar-refractivity contribution is 4.83. The standard InChI is InChI=1S/C7H10O4/c1-2-8-6-4(1)10-7(11-6)5-3-9-5/h4-7H,1-3H2. The average molecular weight is 158 g/mol. The smallest absolute Gasteiger partial charge is 0.189 e. The highest BCUT2D eigenvalue weighted by atomic mass is 16.8. The Labute approximate surface area is 64.4 Å². The maximum absolute atomic E-state index is 5.54. The van der Waals surface area contributed by atoms with Crippen LogP contribution in [0.5, 0.6) is 0 Å². The summed E-state index contributed by atoms with van der Waals surface area (Å²) in [6, 6.07) is 0. The molecule has 3 rings (SSSR count). The molecule has 0 bridgehead atoms. The third-order valence-corrected chi connectivity index (χ3v) is 2.23. The van der Waals surface area contributed by atoms with Gasteiger partial charge in [0.25, 0.3) is 0 Å². The molecule has 0 aromatic heterocycles. The second-order valence-electron chi connectivity index (χ2n) is 3.08. The fourth-order valence-corrected chi connectivity index (χ4v) is 1.53. The van der Waals surface area contributed by atoms with E-state index in [9.17, 15) is 0 Å². The highest BCUT2D eigenvalue weighted by Crippen LogP contribution is 2.33. The molecule has 0 radical (unpaired) electrons. The summed E-state index contributed by atoms with van der Waals surface area (Å²) in [6.45, 7) is 1.53. The largest absolute Gasteiger partial charge is 0.368 e. The fraction of sp³-hybridized carbons (Fsp3) is 1.00. The molecule has 0 N–H and O–H groups in total. The number of hydrogen-bond donors (Lipinski definition) is 0. The Bertz CT molecular complexity index is 156. The first kappa shape index (κ1) is 6.37. The van der Waals surface area contributed by atoms with Crippen molar-refractivity contribution < 1.29 is 18.9 Å². The van der Waals surface area contributed by atoms with Crippen LogP contribution in [-0.4, -0.2) is 38.0 Å². The molecule has 0 amide bonds. The third-order valence-electron chi connectivity index (χ3n) is 2.23. The Morgan fingerprint density at radius 3 is 2.55 bits per heavy atom. The molecule has 4 heteroatoms. The van der Waals surface area contributed by atoms with E-state index in [0.29, 0.717) is 0 Å². The molecule has 4 atom stereocenters. The van der Waals surface area contributed by atoms with Crippen LogP contribution in [-0.2, 0) is 18.9 Å². The van der Waals surface area contributed by atoms with Crippen LogP contribution >= 0.6 is 0 Å². The van der Waals surface area contributed by atoms with Gasteiger partial charge in [-0.05, 0) is 0 Å². The van der Waals surface area contributed by atoms with Gasteiger partial charge in [0.15, 0.2) is 12.6 Å². The van der Waals surface area contributed by atoms with Crippen LogP contribution in [0.4, 0.5) is 0 Å². The van der Waals surface area contributed by atoms with Crippen LogP contribution in [0.25, 0.3) is 0 Å². The van der Waals surface area contributed by atoms with Crippen LogP contribution < -0.4 is 0 Å². The molecular weight excluding hydrogens is 148 g/mol. The lowest BCUT2D eigenvalue weighted by Crippen LogP contribution is -2.18. The molecule has 0 aromatic rings. The third kappa shape index (κ3) is 0.980. The van der Waals surface area contributed by atoms with Gasteiger partial charge >= 0.3 is 0 Å². The van der Waals surface area contributed by atoms with Crippen LogP contribution in [0.15, 0.2) is 0 Å². The van der Waals surface area contributed by atoms with Crippen LogP contribution in [0, 0.1) is 0 Å². The lowest BCUT2D eigenvalue weighted by atomic mass is 10.3. The molecule has 3 saturated heterocycles. The van der Waals surface area contributed by atoms with Gasteiger partial charge in [0.2, 0.25) is 0 Å². The number of rotatable bonds is 1. The van der Waals surface area contributed by atoms with Crippen LogP contribution in [0.1, 0.15) is 6.42 Å². The second-order valence-corrected chi connectivity index (χ2v) is 3.08. The maximum atomic E-state index is 5.54. The number of epoxide rings is 1. The highest BCUT2D eigenvalue weighted by Gasteiger charge is 2.47. The van der Waals surface area contributed by atoms with Crippen molar-refractivity contribution in [2.24, 2.45) is 0 Å². The predicted octanol–water partition coefficient (Wildman–Crippen LogP) is -0.127. The van der Waals surface area contributed by atoms with E-state index in [1.807, 2.05) is 0 Å². The first-order valence-electron chi connectivity index (χ1n) is 3.97. The molecule has 3 aliphatic rings. The fourth-order valence-electron chi connectivity index (χ4n) is 1.53. The molecule has 0 aromatic carbocycles. The second kappa shape index (κ2) is 2.17. The van der Waals surface area contributed by atoms with E-state index in [0.717, 1.165) is 19.6 Å². The summed E-state index contributed by atoms with van der Waals surface area (Å²) in [4.78, 5) is 0. The number of hydrogen-bond acceptors (Lipinski definition) is 4. The zero-order chi connectivity index (χ0) is 7.26. The normalized spacial score (nSPS) is 54.5. The molecule has 0 spiro atoms. The van der Waals surface area contributed by atoms with Gasteiger partial charge in [-0.3, -0.25) is 0 Å². The van der Waals surface area contributed by atoms with E-state index in [4.69, 9.17) is 18.9 Å². The first-order chi connectivity index (χ1) is 5.43. The summed E-state index contributed by atoms with van der Waals surface area (Å²) in [5.41, 5.74) is 0. The minimum absolute atomic E-state index is 0.121. The van der Waals surface area contributed by atoms with Gasteiger partial charge < -0.3 is 18.9 Å². The van der Waals surface area contributed by atoms with E-state index in [1.165, 1.54) is 0 Å². The van der Waals surface area contributed by atoms with Crippen molar-refractivity contribution in [3.05, 3.63) is 0 Å². The topological polar surface area (TPSA) is 40.2 Å². The molecule has 3 fully saturated rings. The van der Waals surface area contributed by atoms with Crippen molar-refractivity contribution in [3.8, 4) is 0 Å². The van der Waals surface area contributed by atoms with Crippen molar-refractivity contribution in [2.45, 2.75) is 31.2 Å². The van der Waals surface area contributed by atoms with Gasteiger partial charge in [-0.25, -0.2) is 0 Å². The molecule has 4 unspecified atom stereocenters. The van der Waals surface area contributed by atoms with Crippen LogP contribution in [0.2, 0.25) is 0 Å². The van der Waals surface area contributed by atoms with Crippen molar-refractivity contribution in [2.75, 3.05) is 13.2 Å². The molecule has 62 valence electrons. The molecule has 3 heterocycles. The Morgan fingerprint density at radius 1 is 0.909 bits per heavy atom.